The molecule has 1 saturated heterocycles. The predicted octanol–water partition coefficient (Wildman–Crippen LogP) is 0.155. The molecule has 0 unspecified atom stereocenters. The van der Waals surface area contributed by atoms with Crippen LogP contribution in [-0.4, -0.2) is 62.6 Å². The van der Waals surface area contributed by atoms with Crippen LogP contribution in [0.5, 0.6) is 0 Å². The number of aliphatic hydroxyl groups excluding tert-OH is 1. The quantitative estimate of drug-likeness (QED) is 0.383. The summed E-state index contributed by atoms with van der Waals surface area (Å²) in [5, 5.41) is 29.8. The van der Waals surface area contributed by atoms with Crippen molar-refractivity contribution in [2.45, 2.75) is 49.8 Å². The van der Waals surface area contributed by atoms with Gasteiger partial charge in [0.15, 0.2) is 23.2 Å². The molecule has 3 aromatic rings. The third-order valence-electron chi connectivity index (χ3n) is 6.21. The Morgan fingerprint density at radius 1 is 1.33 bits per heavy atom. The minimum Gasteiger partial charge on any atom is -0.387 e. The molecule has 13 heteroatoms. The Bertz CT molecular complexity index is 1300. The van der Waals surface area contributed by atoms with Crippen LogP contribution in [0.25, 0.3) is 11.2 Å². The van der Waals surface area contributed by atoms with Gasteiger partial charge in [-0.05, 0) is 30.9 Å². The van der Waals surface area contributed by atoms with E-state index in [0.717, 1.165) is 12.8 Å². The van der Waals surface area contributed by atoms with Crippen LogP contribution in [0.4, 0.5) is 5.82 Å². The molecule has 0 amide bonds. The van der Waals surface area contributed by atoms with E-state index in [9.17, 15) is 18.6 Å². The van der Waals surface area contributed by atoms with Crippen LogP contribution in [0.2, 0.25) is 0 Å². The zero-order valence-electron chi connectivity index (χ0n) is 17.7. The molecule has 1 aliphatic heterocycles. The Labute approximate surface area is 189 Å². The number of aryl methyl sites for hydroxylation is 1. The maximum Gasteiger partial charge on any atom is 0.333 e. The molecular formula is C20H24N6O6S. The average molecular weight is 477 g/mol. The zero-order chi connectivity index (χ0) is 23.4. The van der Waals surface area contributed by atoms with Gasteiger partial charge < -0.3 is 20.3 Å². The molecule has 0 bridgehead atoms. The van der Waals surface area contributed by atoms with Crippen molar-refractivity contribution in [2.75, 3.05) is 11.9 Å². The SMILES string of the molecule is C[C@@]1(O)[C@H](O)[C@@H](COS(N)(=O)=O)O[C@H]1n1cnc2c(N[C@H]3CCc4ccccc43)ncnc21. The van der Waals surface area contributed by atoms with Crippen molar-refractivity contribution in [2.24, 2.45) is 5.14 Å². The summed E-state index contributed by atoms with van der Waals surface area (Å²) in [6, 6.07) is 8.31. The van der Waals surface area contributed by atoms with Crippen LogP contribution in [0.1, 0.15) is 36.7 Å². The Hall–Kier alpha value is -2.68. The first-order valence-corrected chi connectivity index (χ1v) is 11.9. The summed E-state index contributed by atoms with van der Waals surface area (Å²) >= 11 is 0. The van der Waals surface area contributed by atoms with Gasteiger partial charge in [0, 0.05) is 0 Å². The Morgan fingerprint density at radius 2 is 2.12 bits per heavy atom. The Morgan fingerprint density at radius 3 is 2.91 bits per heavy atom. The molecule has 12 nitrogen and oxygen atoms in total. The highest BCUT2D eigenvalue weighted by molar-refractivity contribution is 7.84. The van der Waals surface area contributed by atoms with Gasteiger partial charge in [-0.25, -0.2) is 20.1 Å². The molecule has 1 aromatic carbocycles. The lowest BCUT2D eigenvalue weighted by Gasteiger charge is -2.27. The van der Waals surface area contributed by atoms with Crippen LogP contribution in [0.15, 0.2) is 36.9 Å². The summed E-state index contributed by atoms with van der Waals surface area (Å²) in [7, 11) is -4.24. The molecule has 2 aliphatic rings. The molecule has 5 N–H and O–H groups in total. The van der Waals surface area contributed by atoms with E-state index >= 15 is 0 Å². The molecule has 0 radical (unpaired) electrons. The number of nitrogens with one attached hydrogen (secondary N) is 1. The van der Waals surface area contributed by atoms with Gasteiger partial charge in [-0.2, -0.15) is 8.42 Å². The van der Waals surface area contributed by atoms with E-state index in [1.54, 1.807) is 0 Å². The number of imidazole rings is 1. The molecular weight excluding hydrogens is 452 g/mol. The summed E-state index contributed by atoms with van der Waals surface area (Å²) in [4.78, 5) is 13.1. The van der Waals surface area contributed by atoms with Gasteiger partial charge in [0.2, 0.25) is 0 Å². The standard InChI is InChI=1S/C20H24N6O6S/c1-20(28)16(27)14(8-31-33(21,29)30)32-19(20)26-10-24-15-17(22-9-23-18(15)26)25-13-7-6-11-4-2-3-5-12(11)13/h2-5,9-10,13-14,16,19,27-28H,6-8H2,1H3,(H2,21,29,30)(H,22,23,25)/t13-,14+,16+,19+,20+/m0/s1. The van der Waals surface area contributed by atoms with Crippen molar-refractivity contribution in [3.63, 3.8) is 0 Å². The molecule has 1 fully saturated rings. The van der Waals surface area contributed by atoms with Crippen molar-refractivity contribution in [1.82, 2.24) is 19.5 Å². The van der Waals surface area contributed by atoms with Crippen LogP contribution >= 0.6 is 0 Å². The topological polar surface area (TPSA) is 175 Å². The number of rotatable bonds is 6. The number of aliphatic hydroxyl groups is 2. The fourth-order valence-electron chi connectivity index (χ4n) is 4.54. The first kappa shape index (κ1) is 22.1. The van der Waals surface area contributed by atoms with Crippen molar-refractivity contribution < 1.29 is 27.6 Å². The molecule has 5 rings (SSSR count). The minimum atomic E-state index is -4.24. The van der Waals surface area contributed by atoms with Crippen molar-refractivity contribution in [1.29, 1.82) is 0 Å². The van der Waals surface area contributed by atoms with E-state index in [1.807, 2.05) is 12.1 Å². The maximum atomic E-state index is 11.1. The fourth-order valence-corrected chi connectivity index (χ4v) is 4.86. The van der Waals surface area contributed by atoms with Crippen LogP contribution in [0.3, 0.4) is 0 Å². The first-order valence-electron chi connectivity index (χ1n) is 10.4. The molecule has 176 valence electrons. The number of benzene rings is 1. The van der Waals surface area contributed by atoms with Gasteiger partial charge in [0.25, 0.3) is 0 Å². The van der Waals surface area contributed by atoms with Gasteiger partial charge in [-0.1, -0.05) is 24.3 Å². The molecule has 1 aliphatic carbocycles. The summed E-state index contributed by atoms with van der Waals surface area (Å²) in [6.45, 7) is 0.823. The number of hydrogen-bond acceptors (Lipinski definition) is 10. The van der Waals surface area contributed by atoms with Crippen LogP contribution < -0.4 is 10.5 Å². The summed E-state index contributed by atoms with van der Waals surface area (Å²) in [5.74, 6) is 0.535. The maximum absolute atomic E-state index is 11.1. The highest BCUT2D eigenvalue weighted by atomic mass is 32.2. The number of hydrogen-bond donors (Lipinski definition) is 4. The number of anilines is 1. The minimum absolute atomic E-state index is 0.0804. The first-order chi connectivity index (χ1) is 15.6. The number of nitrogens with two attached hydrogens (primary N) is 1. The van der Waals surface area contributed by atoms with Crippen molar-refractivity contribution in [3.05, 3.63) is 48.0 Å². The average Bonchev–Trinajstić information content (AvgIpc) is 3.43. The second-order valence-corrected chi connectivity index (χ2v) is 9.68. The van der Waals surface area contributed by atoms with Crippen LogP contribution in [-0.2, 0) is 25.6 Å². The Balaban J connectivity index is 1.43. The highest BCUT2D eigenvalue weighted by Gasteiger charge is 2.53. The number of ether oxygens (including phenoxy) is 1. The molecule has 0 saturated carbocycles. The van der Waals surface area contributed by atoms with Crippen molar-refractivity contribution in [3.8, 4) is 0 Å². The molecule has 3 heterocycles. The monoisotopic (exact) mass is 476 g/mol. The lowest BCUT2D eigenvalue weighted by molar-refractivity contribution is -0.0947. The second-order valence-electron chi connectivity index (χ2n) is 8.46. The number of nitrogens with zero attached hydrogens (tertiary/aromatic N) is 4. The second kappa shape index (κ2) is 7.97. The Kier molecular flexibility index (Phi) is 5.34. The van der Waals surface area contributed by atoms with Gasteiger partial charge in [0.1, 0.15) is 24.1 Å². The predicted molar refractivity (Wildman–Crippen MR) is 116 cm³/mol. The van der Waals surface area contributed by atoms with E-state index < -0.39 is 40.9 Å². The van der Waals surface area contributed by atoms with Crippen LogP contribution in [0, 0.1) is 0 Å². The van der Waals surface area contributed by atoms with E-state index in [1.165, 1.54) is 35.3 Å². The lowest BCUT2D eigenvalue weighted by atomic mass is 9.96. The largest absolute Gasteiger partial charge is 0.387 e. The zero-order valence-corrected chi connectivity index (χ0v) is 18.5. The summed E-state index contributed by atoms with van der Waals surface area (Å²) < 4.78 is 34.0. The van der Waals surface area contributed by atoms with E-state index in [0.29, 0.717) is 17.0 Å². The third kappa shape index (κ3) is 3.96. The van der Waals surface area contributed by atoms with E-state index in [4.69, 9.17) is 9.88 Å². The van der Waals surface area contributed by atoms with Gasteiger partial charge >= 0.3 is 10.3 Å². The van der Waals surface area contributed by atoms with E-state index in [2.05, 4.69) is 36.6 Å². The fraction of sp³-hybridized carbons (Fsp3) is 0.450. The summed E-state index contributed by atoms with van der Waals surface area (Å²) in [6.07, 6.45) is 1.000. The molecule has 2 aromatic heterocycles. The van der Waals surface area contributed by atoms with Gasteiger partial charge in [-0.3, -0.25) is 8.75 Å². The lowest BCUT2D eigenvalue weighted by Crippen LogP contribution is -2.44. The highest BCUT2D eigenvalue weighted by Crippen LogP contribution is 2.40. The number of fused-ring (bicyclic) bond motifs is 2. The molecule has 5 atom stereocenters. The van der Waals surface area contributed by atoms with Crippen molar-refractivity contribution >= 4 is 27.3 Å². The smallest absolute Gasteiger partial charge is 0.333 e. The third-order valence-corrected chi connectivity index (χ3v) is 6.67. The van der Waals surface area contributed by atoms with Gasteiger partial charge in [0.05, 0.1) is 19.0 Å². The molecule has 33 heavy (non-hydrogen) atoms. The van der Waals surface area contributed by atoms with Gasteiger partial charge in [-0.15, -0.1) is 0 Å². The number of aromatic nitrogens is 4. The summed E-state index contributed by atoms with van der Waals surface area (Å²) in [5.41, 5.74) is 1.57. The van der Waals surface area contributed by atoms with E-state index in [-0.39, 0.29) is 6.04 Å². The normalized spacial score (nSPS) is 29.5. The molecule has 0 spiro atoms.